The summed E-state index contributed by atoms with van der Waals surface area (Å²) in [5.74, 6) is 0.644. The Bertz CT molecular complexity index is 474. The monoisotopic (exact) mass is 275 g/mol. The Labute approximate surface area is 121 Å². The zero-order valence-electron chi connectivity index (χ0n) is 13.0. The van der Waals surface area contributed by atoms with Crippen LogP contribution in [0.15, 0.2) is 24.3 Å². The van der Waals surface area contributed by atoms with Crippen molar-refractivity contribution < 1.29 is 9.53 Å². The smallest absolute Gasteiger partial charge is 0.254 e. The second-order valence-corrected chi connectivity index (χ2v) is 6.36. The van der Waals surface area contributed by atoms with Crippen molar-refractivity contribution in [2.45, 2.75) is 33.1 Å². The summed E-state index contributed by atoms with van der Waals surface area (Å²) in [7, 11) is 0. The molecule has 0 saturated carbocycles. The molecular formula is C17H25NO2. The van der Waals surface area contributed by atoms with Crippen LogP contribution in [-0.2, 0) is 10.2 Å². The van der Waals surface area contributed by atoms with E-state index in [1.54, 1.807) is 0 Å². The minimum atomic E-state index is 0.0707. The molecular weight excluding hydrogens is 250 g/mol. The Kier molecular flexibility index (Phi) is 4.48. The molecule has 1 saturated heterocycles. The Morgan fingerprint density at radius 1 is 1.25 bits per heavy atom. The van der Waals surface area contributed by atoms with E-state index in [0.717, 1.165) is 5.56 Å². The third kappa shape index (κ3) is 3.04. The Morgan fingerprint density at radius 3 is 2.50 bits per heavy atom. The molecule has 1 aliphatic heterocycles. The van der Waals surface area contributed by atoms with Gasteiger partial charge < -0.3 is 9.64 Å². The molecule has 0 spiro atoms. The zero-order chi connectivity index (χ0) is 14.8. The first kappa shape index (κ1) is 15.0. The fraction of sp³-hybridized carbons (Fsp3) is 0.588. The Hall–Kier alpha value is -1.35. The minimum Gasteiger partial charge on any atom is -0.378 e. The lowest BCUT2D eigenvalue weighted by Crippen LogP contribution is -2.40. The number of nitrogens with zero attached hydrogens (tertiary/aromatic N) is 1. The van der Waals surface area contributed by atoms with Gasteiger partial charge in [0, 0.05) is 18.7 Å². The van der Waals surface area contributed by atoms with Gasteiger partial charge in [0.2, 0.25) is 0 Å². The van der Waals surface area contributed by atoms with Gasteiger partial charge in [-0.25, -0.2) is 0 Å². The number of morpholine rings is 1. The predicted molar refractivity (Wildman–Crippen MR) is 81.0 cm³/mol. The van der Waals surface area contributed by atoms with Crippen molar-refractivity contribution in [3.8, 4) is 0 Å². The Morgan fingerprint density at radius 2 is 1.90 bits per heavy atom. The first-order valence-corrected chi connectivity index (χ1v) is 7.40. The third-order valence-electron chi connectivity index (χ3n) is 4.60. The van der Waals surface area contributed by atoms with Gasteiger partial charge in [0.05, 0.1) is 13.2 Å². The summed E-state index contributed by atoms with van der Waals surface area (Å²) in [5, 5.41) is 0. The van der Waals surface area contributed by atoms with Crippen LogP contribution in [0.4, 0.5) is 0 Å². The number of carbonyl (C=O) groups is 1. The van der Waals surface area contributed by atoms with Crippen LogP contribution in [0, 0.1) is 5.92 Å². The van der Waals surface area contributed by atoms with Gasteiger partial charge in [-0.15, -0.1) is 0 Å². The summed E-state index contributed by atoms with van der Waals surface area (Å²) in [4.78, 5) is 14.4. The van der Waals surface area contributed by atoms with Crippen LogP contribution in [0.2, 0.25) is 0 Å². The molecule has 0 bridgehead atoms. The molecule has 1 aromatic rings. The van der Waals surface area contributed by atoms with E-state index in [1.165, 1.54) is 5.56 Å². The molecule has 0 aliphatic carbocycles. The highest BCUT2D eigenvalue weighted by molar-refractivity contribution is 5.94. The second kappa shape index (κ2) is 5.96. The molecule has 3 heteroatoms. The molecule has 1 aliphatic rings. The van der Waals surface area contributed by atoms with Crippen molar-refractivity contribution in [1.29, 1.82) is 0 Å². The molecule has 1 fully saturated rings. The predicted octanol–water partition coefficient (Wildman–Crippen LogP) is 3.09. The molecule has 20 heavy (non-hydrogen) atoms. The van der Waals surface area contributed by atoms with Crippen LogP contribution in [-0.4, -0.2) is 37.1 Å². The number of carbonyl (C=O) groups excluding carboxylic acids is 1. The molecule has 0 radical (unpaired) electrons. The van der Waals surface area contributed by atoms with E-state index in [0.29, 0.717) is 32.2 Å². The van der Waals surface area contributed by atoms with Gasteiger partial charge in [-0.2, -0.15) is 0 Å². The van der Waals surface area contributed by atoms with Gasteiger partial charge in [0.1, 0.15) is 0 Å². The molecule has 1 aromatic carbocycles. The fourth-order valence-corrected chi connectivity index (χ4v) is 2.34. The van der Waals surface area contributed by atoms with Gasteiger partial charge in [-0.3, -0.25) is 4.79 Å². The van der Waals surface area contributed by atoms with Crippen molar-refractivity contribution in [2.24, 2.45) is 5.92 Å². The van der Waals surface area contributed by atoms with E-state index in [-0.39, 0.29) is 11.3 Å². The fourth-order valence-electron chi connectivity index (χ4n) is 2.34. The molecule has 110 valence electrons. The van der Waals surface area contributed by atoms with Gasteiger partial charge in [0.25, 0.3) is 5.91 Å². The van der Waals surface area contributed by atoms with Crippen LogP contribution < -0.4 is 0 Å². The number of amides is 1. The van der Waals surface area contributed by atoms with E-state index in [9.17, 15) is 4.79 Å². The average molecular weight is 275 g/mol. The van der Waals surface area contributed by atoms with Crippen molar-refractivity contribution in [3.05, 3.63) is 35.4 Å². The van der Waals surface area contributed by atoms with E-state index in [4.69, 9.17) is 4.74 Å². The minimum absolute atomic E-state index is 0.0707. The summed E-state index contributed by atoms with van der Waals surface area (Å²) in [6, 6.07) is 8.08. The highest BCUT2D eigenvalue weighted by Crippen LogP contribution is 2.31. The zero-order valence-corrected chi connectivity index (χ0v) is 13.0. The lowest BCUT2D eigenvalue weighted by Gasteiger charge is -2.31. The lowest BCUT2D eigenvalue weighted by atomic mass is 9.75. The summed E-state index contributed by atoms with van der Waals surface area (Å²) in [6.07, 6.45) is 0. The molecule has 0 unspecified atom stereocenters. The number of benzene rings is 1. The standard InChI is InChI=1S/C17H25NO2/c1-13(2)17(3,4)15-7-5-6-14(12-15)16(19)18-8-10-20-11-9-18/h5-7,12-13H,8-11H2,1-4H3. The summed E-state index contributed by atoms with van der Waals surface area (Å²) in [5.41, 5.74) is 2.09. The van der Waals surface area contributed by atoms with E-state index in [1.807, 2.05) is 17.0 Å². The van der Waals surface area contributed by atoms with Crippen LogP contribution >= 0.6 is 0 Å². The molecule has 2 rings (SSSR count). The van der Waals surface area contributed by atoms with E-state index < -0.39 is 0 Å². The first-order valence-electron chi connectivity index (χ1n) is 7.40. The molecule has 1 amide bonds. The summed E-state index contributed by atoms with van der Waals surface area (Å²) >= 11 is 0. The maximum absolute atomic E-state index is 12.5. The van der Waals surface area contributed by atoms with Crippen LogP contribution in [0.5, 0.6) is 0 Å². The van der Waals surface area contributed by atoms with Gasteiger partial charge in [-0.05, 0) is 29.0 Å². The largest absolute Gasteiger partial charge is 0.378 e. The maximum Gasteiger partial charge on any atom is 0.254 e. The van der Waals surface area contributed by atoms with E-state index in [2.05, 4.69) is 39.8 Å². The SMILES string of the molecule is CC(C)C(C)(C)c1cccc(C(=O)N2CCOCC2)c1. The molecule has 3 nitrogen and oxygen atoms in total. The molecule has 0 N–H and O–H groups in total. The molecule has 0 atom stereocenters. The topological polar surface area (TPSA) is 29.5 Å². The quantitative estimate of drug-likeness (QED) is 0.848. The number of hydrogen-bond acceptors (Lipinski definition) is 2. The van der Waals surface area contributed by atoms with Crippen molar-refractivity contribution in [3.63, 3.8) is 0 Å². The number of hydrogen-bond donors (Lipinski definition) is 0. The number of rotatable bonds is 3. The highest BCUT2D eigenvalue weighted by atomic mass is 16.5. The Balaban J connectivity index is 2.23. The van der Waals surface area contributed by atoms with Gasteiger partial charge in [0.15, 0.2) is 0 Å². The van der Waals surface area contributed by atoms with E-state index >= 15 is 0 Å². The maximum atomic E-state index is 12.5. The first-order chi connectivity index (χ1) is 9.43. The van der Waals surface area contributed by atoms with Crippen molar-refractivity contribution >= 4 is 5.91 Å². The van der Waals surface area contributed by atoms with Crippen LogP contribution in [0.25, 0.3) is 0 Å². The normalized spacial score (nSPS) is 16.6. The second-order valence-electron chi connectivity index (χ2n) is 6.36. The molecule has 1 heterocycles. The highest BCUT2D eigenvalue weighted by Gasteiger charge is 2.26. The third-order valence-corrected chi connectivity index (χ3v) is 4.60. The molecule has 0 aromatic heterocycles. The van der Waals surface area contributed by atoms with Crippen molar-refractivity contribution in [2.75, 3.05) is 26.3 Å². The van der Waals surface area contributed by atoms with Crippen LogP contribution in [0.3, 0.4) is 0 Å². The summed E-state index contributed by atoms with van der Waals surface area (Å²) in [6.45, 7) is 11.6. The summed E-state index contributed by atoms with van der Waals surface area (Å²) < 4.78 is 5.30. The lowest BCUT2D eigenvalue weighted by molar-refractivity contribution is 0.0303. The van der Waals surface area contributed by atoms with Crippen molar-refractivity contribution in [1.82, 2.24) is 4.90 Å². The average Bonchev–Trinajstić information content (AvgIpc) is 2.47. The number of ether oxygens (including phenoxy) is 1. The van der Waals surface area contributed by atoms with Gasteiger partial charge >= 0.3 is 0 Å². The van der Waals surface area contributed by atoms with Gasteiger partial charge in [-0.1, -0.05) is 39.8 Å². The van der Waals surface area contributed by atoms with Crippen LogP contribution in [0.1, 0.15) is 43.6 Å².